The van der Waals surface area contributed by atoms with Gasteiger partial charge in [-0.2, -0.15) is 0 Å². The van der Waals surface area contributed by atoms with Gasteiger partial charge in [0.2, 0.25) is 0 Å². The highest BCUT2D eigenvalue weighted by Gasteiger charge is 2.41. The van der Waals surface area contributed by atoms with Crippen molar-refractivity contribution in [2.24, 2.45) is 28.9 Å². The molecule has 18 heavy (non-hydrogen) atoms. The van der Waals surface area contributed by atoms with Crippen LogP contribution in [-0.4, -0.2) is 32.3 Å². The molecule has 106 valence electrons. The van der Waals surface area contributed by atoms with E-state index in [-0.39, 0.29) is 0 Å². The van der Waals surface area contributed by atoms with Gasteiger partial charge < -0.3 is 15.8 Å². The quantitative estimate of drug-likeness (QED) is 0.807. The topological polar surface area (TPSA) is 47.3 Å². The monoisotopic (exact) mass is 254 g/mol. The first kappa shape index (κ1) is 14.3. The fourth-order valence-electron chi connectivity index (χ4n) is 3.51. The highest BCUT2D eigenvalue weighted by molar-refractivity contribution is 4.94. The van der Waals surface area contributed by atoms with Crippen molar-refractivity contribution >= 4 is 0 Å². The molecule has 0 spiro atoms. The van der Waals surface area contributed by atoms with Crippen LogP contribution >= 0.6 is 0 Å². The Hall–Kier alpha value is -0.120. The van der Waals surface area contributed by atoms with Gasteiger partial charge >= 0.3 is 0 Å². The molecule has 1 saturated heterocycles. The van der Waals surface area contributed by atoms with E-state index >= 15 is 0 Å². The fraction of sp³-hybridized carbons (Fsp3) is 1.00. The molecule has 4 atom stereocenters. The minimum absolute atomic E-state index is 0.358. The van der Waals surface area contributed by atoms with Crippen molar-refractivity contribution in [1.29, 1.82) is 0 Å². The molecule has 4 unspecified atom stereocenters. The first-order valence-electron chi connectivity index (χ1n) is 7.56. The Morgan fingerprint density at radius 3 is 2.67 bits per heavy atom. The van der Waals surface area contributed by atoms with E-state index in [1.807, 2.05) is 0 Å². The lowest BCUT2D eigenvalue weighted by Gasteiger charge is -2.47. The largest absolute Gasteiger partial charge is 0.381 e. The zero-order valence-electron chi connectivity index (χ0n) is 12.2. The lowest BCUT2D eigenvalue weighted by atomic mass is 9.61. The predicted octanol–water partition coefficient (Wildman–Crippen LogP) is 2.01. The summed E-state index contributed by atoms with van der Waals surface area (Å²) in [5.74, 6) is 2.11. The molecule has 1 saturated carbocycles. The van der Waals surface area contributed by atoms with Crippen LogP contribution in [0.1, 0.15) is 40.0 Å². The van der Waals surface area contributed by atoms with Gasteiger partial charge in [-0.3, -0.25) is 0 Å². The van der Waals surface area contributed by atoms with Crippen molar-refractivity contribution < 1.29 is 4.74 Å². The van der Waals surface area contributed by atoms with E-state index in [1.165, 1.54) is 19.3 Å². The van der Waals surface area contributed by atoms with Crippen molar-refractivity contribution in [3.8, 4) is 0 Å². The second-order valence-electron chi connectivity index (χ2n) is 6.94. The van der Waals surface area contributed by atoms with E-state index in [2.05, 4.69) is 26.1 Å². The number of nitrogens with one attached hydrogen (secondary N) is 1. The van der Waals surface area contributed by atoms with Crippen molar-refractivity contribution in [3.63, 3.8) is 0 Å². The maximum absolute atomic E-state index is 6.21. The van der Waals surface area contributed by atoms with Gasteiger partial charge in [-0.15, -0.1) is 0 Å². The molecule has 2 rings (SSSR count). The molecule has 0 aromatic carbocycles. The van der Waals surface area contributed by atoms with Crippen LogP contribution in [0, 0.1) is 23.2 Å². The van der Waals surface area contributed by atoms with E-state index in [0.717, 1.165) is 38.1 Å². The Morgan fingerprint density at radius 2 is 2.00 bits per heavy atom. The molecule has 1 aliphatic carbocycles. The molecule has 0 aromatic rings. The third-order valence-corrected chi connectivity index (χ3v) is 5.56. The summed E-state index contributed by atoms with van der Waals surface area (Å²) in [6.07, 6.45) is 3.68. The molecule has 0 aromatic heterocycles. The first-order chi connectivity index (χ1) is 8.51. The molecule has 0 bridgehead atoms. The van der Waals surface area contributed by atoms with Crippen molar-refractivity contribution in [2.75, 3.05) is 26.3 Å². The van der Waals surface area contributed by atoms with Gasteiger partial charge in [-0.05, 0) is 49.0 Å². The van der Waals surface area contributed by atoms with Crippen molar-refractivity contribution in [3.05, 3.63) is 0 Å². The third-order valence-electron chi connectivity index (χ3n) is 5.56. The van der Waals surface area contributed by atoms with Gasteiger partial charge in [0.25, 0.3) is 0 Å². The predicted molar refractivity (Wildman–Crippen MR) is 75.4 cm³/mol. The Kier molecular flexibility index (Phi) is 4.68. The molecule has 2 fully saturated rings. The van der Waals surface area contributed by atoms with E-state index in [4.69, 9.17) is 10.5 Å². The second-order valence-corrected chi connectivity index (χ2v) is 6.94. The SMILES string of the molecule is CC1C(N)CCC(CNCC2CCOC2)C1(C)C. The van der Waals surface area contributed by atoms with Crippen LogP contribution in [0.3, 0.4) is 0 Å². The minimum atomic E-state index is 0.358. The Morgan fingerprint density at radius 1 is 1.22 bits per heavy atom. The molecule has 1 aliphatic heterocycles. The molecule has 3 N–H and O–H groups in total. The summed E-state index contributed by atoms with van der Waals surface area (Å²) < 4.78 is 5.42. The van der Waals surface area contributed by atoms with Crippen LogP contribution in [0.5, 0.6) is 0 Å². The van der Waals surface area contributed by atoms with E-state index in [9.17, 15) is 0 Å². The van der Waals surface area contributed by atoms with E-state index in [0.29, 0.717) is 17.4 Å². The minimum Gasteiger partial charge on any atom is -0.381 e. The summed E-state index contributed by atoms with van der Waals surface area (Å²) in [4.78, 5) is 0. The van der Waals surface area contributed by atoms with E-state index in [1.54, 1.807) is 0 Å². The van der Waals surface area contributed by atoms with Crippen LogP contribution in [0.25, 0.3) is 0 Å². The molecular formula is C15H30N2O. The highest BCUT2D eigenvalue weighted by atomic mass is 16.5. The fourth-order valence-corrected chi connectivity index (χ4v) is 3.51. The molecule has 0 amide bonds. The molecule has 2 aliphatic rings. The van der Waals surface area contributed by atoms with Crippen LogP contribution in [-0.2, 0) is 4.74 Å². The summed E-state index contributed by atoms with van der Waals surface area (Å²) in [5.41, 5.74) is 6.57. The third kappa shape index (κ3) is 3.06. The lowest BCUT2D eigenvalue weighted by molar-refractivity contribution is 0.0534. The maximum Gasteiger partial charge on any atom is 0.0507 e. The Labute approximate surface area is 112 Å². The van der Waals surface area contributed by atoms with Gasteiger partial charge in [-0.25, -0.2) is 0 Å². The number of nitrogens with two attached hydrogens (primary N) is 1. The molecular weight excluding hydrogens is 224 g/mol. The highest BCUT2D eigenvalue weighted by Crippen LogP contribution is 2.43. The van der Waals surface area contributed by atoms with Crippen LogP contribution in [0.2, 0.25) is 0 Å². The standard InChI is InChI=1S/C15H30N2O/c1-11-14(16)5-4-13(15(11,2)3)9-17-8-12-6-7-18-10-12/h11-14,17H,4-10,16H2,1-3H3. The van der Waals surface area contributed by atoms with Gasteiger partial charge in [0, 0.05) is 19.2 Å². The second kappa shape index (κ2) is 5.89. The smallest absolute Gasteiger partial charge is 0.0507 e. The zero-order chi connectivity index (χ0) is 13.2. The summed E-state index contributed by atoms with van der Waals surface area (Å²) >= 11 is 0. The Bertz CT molecular complexity index is 261. The average Bonchev–Trinajstić information content (AvgIpc) is 2.83. The van der Waals surface area contributed by atoms with Gasteiger partial charge in [0.05, 0.1) is 6.61 Å². The molecule has 3 heteroatoms. The zero-order valence-corrected chi connectivity index (χ0v) is 12.2. The summed E-state index contributed by atoms with van der Waals surface area (Å²) in [5, 5.41) is 3.67. The normalized spacial score (nSPS) is 40.0. The molecule has 0 radical (unpaired) electrons. The van der Waals surface area contributed by atoms with Gasteiger partial charge in [-0.1, -0.05) is 20.8 Å². The number of hydrogen-bond acceptors (Lipinski definition) is 3. The first-order valence-corrected chi connectivity index (χ1v) is 7.56. The maximum atomic E-state index is 6.21. The number of ether oxygens (including phenoxy) is 1. The molecule has 1 heterocycles. The van der Waals surface area contributed by atoms with Crippen LogP contribution < -0.4 is 11.1 Å². The number of rotatable bonds is 4. The summed E-state index contributed by atoms with van der Waals surface area (Å²) in [6, 6.07) is 0.388. The van der Waals surface area contributed by atoms with Crippen molar-refractivity contribution in [2.45, 2.75) is 46.1 Å². The summed E-state index contributed by atoms with van der Waals surface area (Å²) in [6.45, 7) is 11.3. The lowest BCUT2D eigenvalue weighted by Crippen LogP contribution is -2.49. The van der Waals surface area contributed by atoms with Crippen LogP contribution in [0.4, 0.5) is 0 Å². The van der Waals surface area contributed by atoms with Crippen molar-refractivity contribution in [1.82, 2.24) is 5.32 Å². The van der Waals surface area contributed by atoms with Gasteiger partial charge in [0.15, 0.2) is 0 Å². The van der Waals surface area contributed by atoms with E-state index < -0.39 is 0 Å². The Balaban J connectivity index is 1.77. The summed E-state index contributed by atoms with van der Waals surface area (Å²) in [7, 11) is 0. The van der Waals surface area contributed by atoms with Gasteiger partial charge in [0.1, 0.15) is 0 Å². The molecule has 3 nitrogen and oxygen atoms in total. The number of hydrogen-bond donors (Lipinski definition) is 2. The van der Waals surface area contributed by atoms with Crippen LogP contribution in [0.15, 0.2) is 0 Å². The average molecular weight is 254 g/mol.